The Balaban J connectivity index is -0.0000000360. The molecule has 0 aromatic rings. The fourth-order valence-electron chi connectivity index (χ4n) is 0. The monoisotopic (exact) mass is 194 g/mol. The third-order valence-electron chi connectivity index (χ3n) is 0. The van der Waals surface area contributed by atoms with Crippen molar-refractivity contribution in [3.05, 3.63) is 0 Å². The number of hydrogen-bond acceptors (Lipinski definition) is 4. The van der Waals surface area contributed by atoms with Gasteiger partial charge in [-0.15, -0.1) is 0 Å². The summed E-state index contributed by atoms with van der Waals surface area (Å²) in [6.45, 7) is 0. The van der Waals surface area contributed by atoms with Crippen LogP contribution in [0.15, 0.2) is 0 Å². The molecule has 46 valence electrons. The van der Waals surface area contributed by atoms with Crippen molar-refractivity contribution < 1.29 is 35.5 Å². The van der Waals surface area contributed by atoms with E-state index in [4.69, 9.17) is 17.0 Å². The normalized spacial score (nSPS) is 3.43. The van der Waals surface area contributed by atoms with Crippen LogP contribution < -0.4 is 0 Å². The van der Waals surface area contributed by atoms with Crippen LogP contribution in [0.1, 0.15) is 0 Å². The van der Waals surface area contributed by atoms with Crippen molar-refractivity contribution in [2.75, 3.05) is 14.2 Å². The van der Waals surface area contributed by atoms with Gasteiger partial charge in [-0.2, -0.15) is 0 Å². The van der Waals surface area contributed by atoms with Crippen molar-refractivity contribution in [3.8, 4) is 0 Å². The first kappa shape index (κ1) is 15.7. The first-order chi connectivity index (χ1) is 3.41. The van der Waals surface area contributed by atoms with E-state index < -0.39 is 18.5 Å². The molecule has 0 spiro atoms. The predicted molar refractivity (Wildman–Crippen MR) is 17.7 cm³/mol. The van der Waals surface area contributed by atoms with Crippen molar-refractivity contribution in [2.45, 2.75) is 0 Å². The number of aliphatic hydroxyl groups is 2. The molecule has 0 rings (SSSR count). The Labute approximate surface area is 50.3 Å². The number of rotatable bonds is 0. The van der Waals surface area contributed by atoms with Crippen LogP contribution >= 0.6 is 0 Å². The van der Waals surface area contributed by atoms with Crippen LogP contribution in [0.25, 0.3) is 0 Å². The maximum atomic E-state index is 8.50. The molecular weight excluding hydrogens is 184 g/mol. The molecule has 0 aliphatic rings. The average Bonchev–Trinajstić information content (AvgIpc) is 1.78. The topological polar surface area (TPSA) is 74.6 Å². The van der Waals surface area contributed by atoms with E-state index in [9.17, 15) is 0 Å². The first-order valence-corrected chi connectivity index (χ1v) is 2.87. The molecular formula is C2H8MoO4. The van der Waals surface area contributed by atoms with Crippen molar-refractivity contribution in [1.82, 2.24) is 0 Å². The molecule has 0 saturated carbocycles. The molecule has 2 N–H and O–H groups in total. The Morgan fingerprint density at radius 1 is 1.00 bits per heavy atom. The minimum atomic E-state index is -2.03. The molecule has 0 aliphatic carbocycles. The Bertz CT molecular complexity index is 30.7. The summed E-state index contributed by atoms with van der Waals surface area (Å²) in [5, 5.41) is 14.0. The Kier molecular flexibility index (Phi) is 259. The molecule has 0 aliphatic heterocycles. The summed E-state index contributed by atoms with van der Waals surface area (Å²) in [5.41, 5.74) is 0. The van der Waals surface area contributed by atoms with Crippen LogP contribution in [0.5, 0.6) is 0 Å². The zero-order valence-electron chi connectivity index (χ0n) is 4.12. The fourth-order valence-corrected chi connectivity index (χ4v) is 0. The van der Waals surface area contributed by atoms with E-state index in [0.29, 0.717) is 0 Å². The van der Waals surface area contributed by atoms with E-state index >= 15 is 0 Å². The molecule has 0 amide bonds. The Hall–Kier alpha value is 0.208. The van der Waals surface area contributed by atoms with Gasteiger partial charge in [-0.25, -0.2) is 0 Å². The van der Waals surface area contributed by atoms with Gasteiger partial charge in [-0.05, 0) is 0 Å². The summed E-state index contributed by atoms with van der Waals surface area (Å²) in [4.78, 5) is 0. The summed E-state index contributed by atoms with van der Waals surface area (Å²) in [6, 6.07) is 0. The van der Waals surface area contributed by atoms with Crippen molar-refractivity contribution in [3.63, 3.8) is 0 Å². The molecule has 0 aromatic carbocycles. The van der Waals surface area contributed by atoms with Gasteiger partial charge in [0.25, 0.3) is 0 Å². The zero-order chi connectivity index (χ0) is 6.71. The third kappa shape index (κ3) is 2530. The summed E-state index contributed by atoms with van der Waals surface area (Å²) >= 11 is -2.03. The third-order valence-corrected chi connectivity index (χ3v) is 0. The van der Waals surface area contributed by atoms with Crippen LogP contribution in [-0.4, -0.2) is 24.4 Å². The van der Waals surface area contributed by atoms with Crippen molar-refractivity contribution in [1.29, 1.82) is 0 Å². The van der Waals surface area contributed by atoms with Gasteiger partial charge in [0.05, 0.1) is 0 Å². The van der Waals surface area contributed by atoms with E-state index in [2.05, 4.69) is 0 Å². The summed E-state index contributed by atoms with van der Waals surface area (Å²) in [7, 11) is 2.00. The van der Waals surface area contributed by atoms with Crippen molar-refractivity contribution >= 4 is 0 Å². The molecule has 0 saturated heterocycles. The van der Waals surface area contributed by atoms with Gasteiger partial charge in [-0.1, -0.05) is 0 Å². The molecule has 0 aromatic heterocycles. The van der Waals surface area contributed by atoms with Gasteiger partial charge >= 0.3 is 25.3 Å². The quantitative estimate of drug-likeness (QED) is 0.481. The summed E-state index contributed by atoms with van der Waals surface area (Å²) < 4.78 is 17.0. The SMILES string of the molecule is CO.CO.[O]=[Mo]=[O]. The molecule has 7 heavy (non-hydrogen) atoms. The maximum absolute atomic E-state index is 8.50. The zero-order valence-corrected chi connectivity index (χ0v) is 6.13. The molecule has 0 fully saturated rings. The van der Waals surface area contributed by atoms with Gasteiger partial charge in [0.2, 0.25) is 0 Å². The number of hydrogen-bond donors (Lipinski definition) is 2. The van der Waals surface area contributed by atoms with E-state index in [-0.39, 0.29) is 0 Å². The average molecular weight is 192 g/mol. The van der Waals surface area contributed by atoms with E-state index in [0.717, 1.165) is 14.2 Å². The second-order valence-electron chi connectivity index (χ2n) is 0.0680. The van der Waals surface area contributed by atoms with Crippen LogP contribution in [0, 0.1) is 0 Å². The fraction of sp³-hybridized carbons (Fsp3) is 1.00. The van der Waals surface area contributed by atoms with Crippen LogP contribution in [0.4, 0.5) is 0 Å². The van der Waals surface area contributed by atoms with Gasteiger partial charge < -0.3 is 10.2 Å². The molecule has 0 atom stereocenters. The van der Waals surface area contributed by atoms with E-state index in [1.54, 1.807) is 0 Å². The minimum absolute atomic E-state index is 1.00. The Morgan fingerprint density at radius 2 is 1.00 bits per heavy atom. The molecule has 0 heterocycles. The molecule has 5 heteroatoms. The van der Waals surface area contributed by atoms with Crippen LogP contribution in [0.3, 0.4) is 0 Å². The summed E-state index contributed by atoms with van der Waals surface area (Å²) in [5.74, 6) is 0. The van der Waals surface area contributed by atoms with Gasteiger partial charge in [0.1, 0.15) is 0 Å². The van der Waals surface area contributed by atoms with E-state index in [1.807, 2.05) is 0 Å². The van der Waals surface area contributed by atoms with Gasteiger partial charge in [0, 0.05) is 14.2 Å². The second kappa shape index (κ2) is 115. The molecule has 4 nitrogen and oxygen atoms in total. The van der Waals surface area contributed by atoms with Crippen LogP contribution in [0.2, 0.25) is 0 Å². The summed E-state index contributed by atoms with van der Waals surface area (Å²) in [6.07, 6.45) is 0. The predicted octanol–water partition coefficient (Wildman–Crippen LogP) is -1.02. The molecule has 0 unspecified atom stereocenters. The van der Waals surface area contributed by atoms with E-state index in [1.165, 1.54) is 0 Å². The number of aliphatic hydroxyl groups excluding tert-OH is 2. The second-order valence-corrected chi connectivity index (χ2v) is 0.403. The van der Waals surface area contributed by atoms with Crippen LogP contribution in [-0.2, 0) is 25.3 Å². The van der Waals surface area contributed by atoms with Crippen molar-refractivity contribution in [2.24, 2.45) is 0 Å². The first-order valence-electron chi connectivity index (χ1n) is 1.23. The van der Waals surface area contributed by atoms with Gasteiger partial charge in [-0.3, -0.25) is 0 Å². The van der Waals surface area contributed by atoms with Gasteiger partial charge in [0.15, 0.2) is 0 Å². The molecule has 0 bridgehead atoms. The standard InChI is InChI=1S/2CH4O.Mo.2O/c2*1-2;;;/h2*2H,1H3;;;. The Morgan fingerprint density at radius 3 is 1.00 bits per heavy atom. The molecule has 0 radical (unpaired) electrons.